The van der Waals surface area contributed by atoms with Crippen molar-refractivity contribution in [2.45, 2.75) is 26.4 Å². The van der Waals surface area contributed by atoms with Crippen molar-refractivity contribution < 1.29 is 9.90 Å². The molecule has 1 aliphatic rings. The molecule has 1 aliphatic heterocycles. The third-order valence-corrected chi connectivity index (χ3v) is 3.97. The van der Waals surface area contributed by atoms with E-state index in [1.807, 2.05) is 19.9 Å². The quantitative estimate of drug-likeness (QED) is 0.849. The van der Waals surface area contributed by atoms with E-state index in [1.54, 1.807) is 17.0 Å². The highest BCUT2D eigenvalue weighted by Crippen LogP contribution is 2.21. The van der Waals surface area contributed by atoms with Gasteiger partial charge in [-0.25, -0.2) is 0 Å². The molecule has 0 aromatic heterocycles. The zero-order valence-electron chi connectivity index (χ0n) is 10.7. The van der Waals surface area contributed by atoms with Gasteiger partial charge < -0.3 is 10.0 Å². The van der Waals surface area contributed by atoms with Gasteiger partial charge in [0.25, 0.3) is 5.91 Å². The molecule has 1 heterocycles. The van der Waals surface area contributed by atoms with Gasteiger partial charge in [-0.05, 0) is 37.0 Å². The molecule has 0 saturated carbocycles. The Morgan fingerprint density at radius 3 is 2.83 bits per heavy atom. The Kier molecular flexibility index (Phi) is 3.93. The van der Waals surface area contributed by atoms with Gasteiger partial charge in [-0.15, -0.1) is 0 Å². The average Bonchev–Trinajstić information content (AvgIpc) is 2.35. The first kappa shape index (κ1) is 13.4. The van der Waals surface area contributed by atoms with Crippen molar-refractivity contribution >= 4 is 17.5 Å². The molecular formula is C14H18ClNO2. The number of hydrogen-bond donors (Lipinski definition) is 1. The normalized spacial score (nSPS) is 24.1. The lowest BCUT2D eigenvalue weighted by Crippen LogP contribution is -2.44. The number of nitrogens with zero attached hydrogens (tertiary/aromatic N) is 1. The van der Waals surface area contributed by atoms with Gasteiger partial charge >= 0.3 is 0 Å². The molecule has 1 saturated heterocycles. The van der Waals surface area contributed by atoms with E-state index < -0.39 is 0 Å². The third-order valence-electron chi connectivity index (χ3n) is 3.57. The van der Waals surface area contributed by atoms with Crippen LogP contribution in [0.4, 0.5) is 0 Å². The van der Waals surface area contributed by atoms with Gasteiger partial charge in [-0.1, -0.05) is 24.6 Å². The number of aliphatic hydroxyl groups excluding tert-OH is 1. The van der Waals surface area contributed by atoms with Gasteiger partial charge in [0.1, 0.15) is 0 Å². The lowest BCUT2D eigenvalue weighted by Gasteiger charge is -2.34. The van der Waals surface area contributed by atoms with Crippen LogP contribution in [-0.2, 0) is 0 Å². The van der Waals surface area contributed by atoms with Gasteiger partial charge in [0.05, 0.1) is 6.10 Å². The molecule has 18 heavy (non-hydrogen) atoms. The minimum Gasteiger partial charge on any atom is -0.393 e. The highest BCUT2D eigenvalue weighted by Gasteiger charge is 2.27. The summed E-state index contributed by atoms with van der Waals surface area (Å²) in [7, 11) is 0. The minimum atomic E-state index is -0.296. The number of aliphatic hydroxyl groups is 1. The predicted octanol–water partition coefficient (Wildman–Crippen LogP) is 2.49. The smallest absolute Gasteiger partial charge is 0.253 e. The SMILES string of the molecule is Cc1ccc(C(=O)N2CCC(O)C(C)C2)cc1Cl. The van der Waals surface area contributed by atoms with Crippen LogP contribution in [0.3, 0.4) is 0 Å². The van der Waals surface area contributed by atoms with E-state index in [-0.39, 0.29) is 17.9 Å². The van der Waals surface area contributed by atoms with Crippen LogP contribution in [0.25, 0.3) is 0 Å². The van der Waals surface area contributed by atoms with Crippen molar-refractivity contribution in [2.24, 2.45) is 5.92 Å². The maximum Gasteiger partial charge on any atom is 0.253 e. The zero-order chi connectivity index (χ0) is 13.3. The first-order valence-electron chi connectivity index (χ1n) is 6.22. The Balaban J connectivity index is 2.14. The number of benzene rings is 1. The fraction of sp³-hybridized carbons (Fsp3) is 0.500. The summed E-state index contributed by atoms with van der Waals surface area (Å²) in [6.45, 7) is 5.09. The second kappa shape index (κ2) is 5.29. The molecule has 2 rings (SSSR count). The van der Waals surface area contributed by atoms with Crippen molar-refractivity contribution in [3.05, 3.63) is 34.3 Å². The largest absolute Gasteiger partial charge is 0.393 e. The lowest BCUT2D eigenvalue weighted by molar-refractivity contribution is 0.0297. The van der Waals surface area contributed by atoms with E-state index in [2.05, 4.69) is 0 Å². The number of rotatable bonds is 1. The number of carbonyl (C=O) groups is 1. The number of piperidine rings is 1. The number of hydrogen-bond acceptors (Lipinski definition) is 2. The van der Waals surface area contributed by atoms with Crippen molar-refractivity contribution in [1.29, 1.82) is 0 Å². The number of halogens is 1. The Morgan fingerprint density at radius 1 is 1.50 bits per heavy atom. The maximum atomic E-state index is 12.3. The van der Waals surface area contributed by atoms with Gasteiger partial charge in [0.15, 0.2) is 0 Å². The summed E-state index contributed by atoms with van der Waals surface area (Å²) in [5.41, 5.74) is 1.59. The van der Waals surface area contributed by atoms with Crippen LogP contribution in [0.2, 0.25) is 5.02 Å². The number of carbonyl (C=O) groups excluding carboxylic acids is 1. The summed E-state index contributed by atoms with van der Waals surface area (Å²) >= 11 is 6.04. The standard InChI is InChI=1S/C14H18ClNO2/c1-9-3-4-11(7-12(9)15)14(18)16-6-5-13(17)10(2)8-16/h3-4,7,10,13,17H,5-6,8H2,1-2H3. The first-order chi connectivity index (χ1) is 8.49. The van der Waals surface area contributed by atoms with Crippen LogP contribution in [0.5, 0.6) is 0 Å². The molecule has 0 spiro atoms. The molecule has 4 heteroatoms. The molecule has 1 aromatic carbocycles. The summed E-state index contributed by atoms with van der Waals surface area (Å²) in [5, 5.41) is 10.3. The van der Waals surface area contributed by atoms with Crippen LogP contribution in [-0.4, -0.2) is 35.1 Å². The minimum absolute atomic E-state index is 0.00403. The molecule has 98 valence electrons. The molecule has 1 N–H and O–H groups in total. The lowest BCUT2D eigenvalue weighted by atomic mass is 9.96. The van der Waals surface area contributed by atoms with E-state index in [9.17, 15) is 9.90 Å². The molecule has 2 unspecified atom stereocenters. The van der Waals surface area contributed by atoms with Crippen molar-refractivity contribution in [3.63, 3.8) is 0 Å². The zero-order valence-corrected chi connectivity index (χ0v) is 11.4. The van der Waals surface area contributed by atoms with Gasteiger partial charge in [0.2, 0.25) is 0 Å². The van der Waals surface area contributed by atoms with E-state index in [0.717, 1.165) is 5.56 Å². The monoisotopic (exact) mass is 267 g/mol. The molecule has 0 radical (unpaired) electrons. The molecular weight excluding hydrogens is 250 g/mol. The van der Waals surface area contributed by atoms with Crippen molar-refractivity contribution in [3.8, 4) is 0 Å². The molecule has 1 aromatic rings. The van der Waals surface area contributed by atoms with E-state index in [0.29, 0.717) is 30.1 Å². The third kappa shape index (κ3) is 2.68. The predicted molar refractivity (Wildman–Crippen MR) is 71.9 cm³/mol. The van der Waals surface area contributed by atoms with Crippen molar-refractivity contribution in [1.82, 2.24) is 4.90 Å². The molecule has 1 amide bonds. The van der Waals surface area contributed by atoms with Crippen LogP contribution < -0.4 is 0 Å². The van der Waals surface area contributed by atoms with Gasteiger partial charge in [0, 0.05) is 23.7 Å². The first-order valence-corrected chi connectivity index (χ1v) is 6.60. The Labute approximate surface area is 112 Å². The number of aryl methyl sites for hydroxylation is 1. The Bertz CT molecular complexity index is 461. The molecule has 0 bridgehead atoms. The summed E-state index contributed by atoms with van der Waals surface area (Å²) in [6.07, 6.45) is 0.350. The van der Waals surface area contributed by atoms with Crippen LogP contribution >= 0.6 is 11.6 Å². The summed E-state index contributed by atoms with van der Waals surface area (Å²) in [5.74, 6) is 0.124. The Morgan fingerprint density at radius 2 is 2.22 bits per heavy atom. The molecule has 0 aliphatic carbocycles. The van der Waals surface area contributed by atoms with E-state index in [1.165, 1.54) is 0 Å². The second-order valence-corrected chi connectivity index (χ2v) is 5.46. The summed E-state index contributed by atoms with van der Waals surface area (Å²) < 4.78 is 0. The number of amides is 1. The molecule has 2 atom stereocenters. The van der Waals surface area contributed by atoms with Crippen LogP contribution in [0.1, 0.15) is 29.3 Å². The molecule has 3 nitrogen and oxygen atoms in total. The Hall–Kier alpha value is -1.06. The highest BCUT2D eigenvalue weighted by atomic mass is 35.5. The topological polar surface area (TPSA) is 40.5 Å². The number of likely N-dealkylation sites (tertiary alicyclic amines) is 1. The summed E-state index contributed by atoms with van der Waals surface area (Å²) in [4.78, 5) is 14.1. The van der Waals surface area contributed by atoms with Crippen molar-refractivity contribution in [2.75, 3.05) is 13.1 Å². The fourth-order valence-corrected chi connectivity index (χ4v) is 2.41. The van der Waals surface area contributed by atoms with Crippen LogP contribution in [0, 0.1) is 12.8 Å². The van der Waals surface area contributed by atoms with Gasteiger partial charge in [-0.2, -0.15) is 0 Å². The second-order valence-electron chi connectivity index (χ2n) is 5.05. The maximum absolute atomic E-state index is 12.3. The highest BCUT2D eigenvalue weighted by molar-refractivity contribution is 6.31. The van der Waals surface area contributed by atoms with Crippen LogP contribution in [0.15, 0.2) is 18.2 Å². The van der Waals surface area contributed by atoms with E-state index >= 15 is 0 Å². The molecule has 1 fully saturated rings. The van der Waals surface area contributed by atoms with E-state index in [4.69, 9.17) is 11.6 Å². The fourth-order valence-electron chi connectivity index (χ4n) is 2.23. The van der Waals surface area contributed by atoms with Gasteiger partial charge in [-0.3, -0.25) is 4.79 Å². The summed E-state index contributed by atoms with van der Waals surface area (Å²) in [6, 6.07) is 5.38. The average molecular weight is 268 g/mol.